The van der Waals surface area contributed by atoms with Crippen LogP contribution in [0.15, 0.2) is 60.0 Å². The number of fused-ring (bicyclic) bond motifs is 1. The molecule has 1 aliphatic heterocycles. The molecule has 0 bridgehead atoms. The third-order valence-corrected chi connectivity index (χ3v) is 7.40. The van der Waals surface area contributed by atoms with Crippen molar-refractivity contribution in [2.24, 2.45) is 0 Å². The Morgan fingerprint density at radius 2 is 1.57 bits per heavy atom. The first kappa shape index (κ1) is 24.8. The molecular weight excluding hydrogens is 460 g/mol. The Morgan fingerprint density at radius 3 is 2.14 bits per heavy atom. The summed E-state index contributed by atoms with van der Waals surface area (Å²) >= 11 is 1.73. The van der Waals surface area contributed by atoms with E-state index >= 15 is 0 Å². The monoisotopic (exact) mass is 492 g/mol. The summed E-state index contributed by atoms with van der Waals surface area (Å²) in [5, 5.41) is 2.09. The zero-order valence-corrected chi connectivity index (χ0v) is 21.7. The fourth-order valence-corrected chi connectivity index (χ4v) is 5.36. The number of ether oxygens (including phenoxy) is 2. The van der Waals surface area contributed by atoms with Crippen molar-refractivity contribution in [1.29, 1.82) is 0 Å². The Balaban J connectivity index is 1.63. The van der Waals surface area contributed by atoms with Crippen molar-refractivity contribution in [1.82, 2.24) is 9.80 Å². The molecule has 2 aromatic carbocycles. The van der Waals surface area contributed by atoms with E-state index < -0.39 is 5.54 Å². The SMILES string of the molecule is COc1ccc(C(=O)N(CC(=O)N2CCc3sccc3C2c2ccc(OC)cc2)C(C)(C)C)cc1. The van der Waals surface area contributed by atoms with E-state index in [1.807, 2.05) is 49.9 Å². The van der Waals surface area contributed by atoms with Gasteiger partial charge in [-0.1, -0.05) is 12.1 Å². The predicted molar refractivity (Wildman–Crippen MR) is 138 cm³/mol. The quantitative estimate of drug-likeness (QED) is 0.476. The van der Waals surface area contributed by atoms with Crippen molar-refractivity contribution in [3.8, 4) is 11.5 Å². The maximum absolute atomic E-state index is 13.8. The van der Waals surface area contributed by atoms with Crippen molar-refractivity contribution < 1.29 is 19.1 Å². The van der Waals surface area contributed by atoms with E-state index in [2.05, 4.69) is 11.4 Å². The van der Waals surface area contributed by atoms with Crippen molar-refractivity contribution in [3.05, 3.63) is 81.5 Å². The minimum atomic E-state index is -0.536. The Bertz CT molecular complexity index is 1180. The van der Waals surface area contributed by atoms with Gasteiger partial charge in [0.05, 0.1) is 20.3 Å². The molecule has 0 saturated heterocycles. The fraction of sp³-hybridized carbons (Fsp3) is 0.357. The van der Waals surface area contributed by atoms with Crippen molar-refractivity contribution in [3.63, 3.8) is 0 Å². The smallest absolute Gasteiger partial charge is 0.254 e. The molecule has 1 aromatic heterocycles. The zero-order valence-electron chi connectivity index (χ0n) is 20.9. The van der Waals surface area contributed by atoms with Gasteiger partial charge < -0.3 is 19.3 Å². The number of thiophene rings is 1. The minimum absolute atomic E-state index is 0.000484. The normalized spacial score (nSPS) is 15.3. The van der Waals surface area contributed by atoms with Crippen LogP contribution >= 0.6 is 11.3 Å². The number of hydrogen-bond acceptors (Lipinski definition) is 5. The van der Waals surface area contributed by atoms with Crippen LogP contribution < -0.4 is 9.47 Å². The summed E-state index contributed by atoms with van der Waals surface area (Å²) in [5.41, 5.74) is 2.18. The lowest BCUT2D eigenvalue weighted by Gasteiger charge is -2.40. The van der Waals surface area contributed by atoms with E-state index in [-0.39, 0.29) is 24.4 Å². The van der Waals surface area contributed by atoms with Crippen LogP contribution in [0.1, 0.15) is 53.2 Å². The molecule has 0 saturated carbocycles. The number of hydrogen-bond donors (Lipinski definition) is 0. The Kier molecular flexibility index (Phi) is 7.17. The number of rotatable bonds is 6. The molecule has 2 amide bonds. The highest BCUT2D eigenvalue weighted by Gasteiger charge is 2.36. The molecule has 184 valence electrons. The van der Waals surface area contributed by atoms with E-state index in [1.165, 1.54) is 4.88 Å². The molecule has 4 rings (SSSR count). The third-order valence-electron chi connectivity index (χ3n) is 6.40. The largest absolute Gasteiger partial charge is 0.497 e. The maximum atomic E-state index is 13.8. The summed E-state index contributed by atoms with van der Waals surface area (Å²) in [4.78, 5) is 32.2. The molecule has 0 radical (unpaired) electrons. The van der Waals surface area contributed by atoms with Crippen molar-refractivity contribution >= 4 is 23.2 Å². The average molecular weight is 493 g/mol. The lowest BCUT2D eigenvalue weighted by atomic mass is 9.93. The number of benzene rings is 2. The van der Waals surface area contributed by atoms with Gasteiger partial charge in [-0.25, -0.2) is 0 Å². The highest BCUT2D eigenvalue weighted by molar-refractivity contribution is 7.10. The number of amides is 2. The van der Waals surface area contributed by atoms with Gasteiger partial charge in [0.25, 0.3) is 5.91 Å². The van der Waals surface area contributed by atoms with Gasteiger partial charge in [-0.15, -0.1) is 11.3 Å². The average Bonchev–Trinajstić information content (AvgIpc) is 3.34. The van der Waals surface area contributed by atoms with Gasteiger partial charge in [-0.2, -0.15) is 0 Å². The standard InChI is InChI=1S/C28H32N2O4S/c1-28(2,3)30(27(32)20-8-12-22(34-5)13-9-20)18-25(31)29-16-14-24-23(15-17-35-24)26(29)19-6-10-21(33-4)11-7-19/h6-13,15,17,26H,14,16,18H2,1-5H3. The molecular formula is C28H32N2O4S. The Labute approximate surface area is 211 Å². The molecule has 3 aromatic rings. The molecule has 6 nitrogen and oxygen atoms in total. The van der Waals surface area contributed by atoms with Gasteiger partial charge in [0, 0.05) is 22.5 Å². The van der Waals surface area contributed by atoms with Gasteiger partial charge in [-0.3, -0.25) is 9.59 Å². The highest BCUT2D eigenvalue weighted by atomic mass is 32.1. The first-order valence-electron chi connectivity index (χ1n) is 11.7. The molecule has 1 aliphatic rings. The molecule has 1 unspecified atom stereocenters. The van der Waals surface area contributed by atoms with Crippen LogP contribution in [-0.2, 0) is 11.2 Å². The van der Waals surface area contributed by atoms with Crippen molar-refractivity contribution in [2.45, 2.75) is 38.8 Å². The number of nitrogens with zero attached hydrogens (tertiary/aromatic N) is 2. The topological polar surface area (TPSA) is 59.1 Å². The van der Waals surface area contributed by atoms with E-state index in [9.17, 15) is 9.59 Å². The first-order chi connectivity index (χ1) is 16.7. The minimum Gasteiger partial charge on any atom is -0.497 e. The van der Waals surface area contributed by atoms with Crippen LogP contribution in [0.4, 0.5) is 0 Å². The Morgan fingerprint density at radius 1 is 0.971 bits per heavy atom. The number of carbonyl (C=O) groups is 2. The van der Waals surface area contributed by atoms with E-state index in [0.29, 0.717) is 17.9 Å². The van der Waals surface area contributed by atoms with Crippen LogP contribution in [0, 0.1) is 0 Å². The summed E-state index contributed by atoms with van der Waals surface area (Å²) in [6.07, 6.45) is 0.813. The summed E-state index contributed by atoms with van der Waals surface area (Å²) in [6, 6.07) is 16.8. The van der Waals surface area contributed by atoms with Crippen LogP contribution in [0.3, 0.4) is 0 Å². The molecule has 0 fully saturated rings. The highest BCUT2D eigenvalue weighted by Crippen LogP contribution is 2.38. The Hall–Kier alpha value is -3.32. The van der Waals surface area contributed by atoms with Crippen LogP contribution in [0.5, 0.6) is 11.5 Å². The van der Waals surface area contributed by atoms with Gasteiger partial charge >= 0.3 is 0 Å². The van der Waals surface area contributed by atoms with Gasteiger partial charge in [0.15, 0.2) is 0 Å². The first-order valence-corrected chi connectivity index (χ1v) is 12.6. The molecule has 2 heterocycles. The molecule has 0 N–H and O–H groups in total. The van der Waals surface area contributed by atoms with Crippen LogP contribution in [0.25, 0.3) is 0 Å². The summed E-state index contributed by atoms with van der Waals surface area (Å²) in [6.45, 7) is 6.47. The van der Waals surface area contributed by atoms with Gasteiger partial charge in [0.1, 0.15) is 18.0 Å². The number of carbonyl (C=O) groups excluding carboxylic acids is 2. The van der Waals surface area contributed by atoms with E-state index in [1.54, 1.807) is 54.7 Å². The second kappa shape index (κ2) is 10.1. The third kappa shape index (κ3) is 5.20. The maximum Gasteiger partial charge on any atom is 0.254 e. The lowest BCUT2D eigenvalue weighted by Crippen LogP contribution is -2.52. The lowest BCUT2D eigenvalue weighted by molar-refractivity contribution is -0.135. The molecule has 35 heavy (non-hydrogen) atoms. The second-order valence-electron chi connectivity index (χ2n) is 9.60. The van der Waals surface area contributed by atoms with Crippen LogP contribution in [-0.4, -0.2) is 54.5 Å². The van der Waals surface area contributed by atoms with Gasteiger partial charge in [-0.05, 0) is 86.2 Å². The fourth-order valence-electron chi connectivity index (χ4n) is 4.46. The molecule has 0 spiro atoms. The molecule has 7 heteroatoms. The van der Waals surface area contributed by atoms with E-state index in [0.717, 1.165) is 23.3 Å². The summed E-state index contributed by atoms with van der Waals surface area (Å²) in [7, 11) is 3.23. The van der Waals surface area contributed by atoms with Crippen LogP contribution in [0.2, 0.25) is 0 Å². The zero-order chi connectivity index (χ0) is 25.2. The van der Waals surface area contributed by atoms with Gasteiger partial charge in [0.2, 0.25) is 5.91 Å². The molecule has 1 atom stereocenters. The van der Waals surface area contributed by atoms with Crippen molar-refractivity contribution in [2.75, 3.05) is 27.3 Å². The number of methoxy groups -OCH3 is 2. The summed E-state index contributed by atoms with van der Waals surface area (Å²) in [5.74, 6) is 1.21. The molecule has 0 aliphatic carbocycles. The summed E-state index contributed by atoms with van der Waals surface area (Å²) < 4.78 is 10.5. The second-order valence-corrected chi connectivity index (χ2v) is 10.6. The predicted octanol–water partition coefficient (Wildman–Crippen LogP) is 5.18. The van der Waals surface area contributed by atoms with E-state index in [4.69, 9.17) is 9.47 Å².